The molecule has 7 nitrogen and oxygen atoms in total. The van der Waals surface area contributed by atoms with Gasteiger partial charge in [-0.3, -0.25) is 4.79 Å². The van der Waals surface area contributed by atoms with Gasteiger partial charge in [-0.25, -0.2) is 18.2 Å². The summed E-state index contributed by atoms with van der Waals surface area (Å²) in [5.41, 5.74) is 0.700. The number of amides is 1. The lowest BCUT2D eigenvalue weighted by Gasteiger charge is -2.20. The van der Waals surface area contributed by atoms with Crippen molar-refractivity contribution in [2.75, 3.05) is 43.5 Å². The van der Waals surface area contributed by atoms with E-state index in [1.165, 1.54) is 6.20 Å². The van der Waals surface area contributed by atoms with Crippen LogP contribution in [0.1, 0.15) is 24.8 Å². The molecular weight excluding hydrogens is 411 g/mol. The van der Waals surface area contributed by atoms with Crippen molar-refractivity contribution in [3.8, 4) is 5.75 Å². The molecule has 1 aromatic heterocycles. The summed E-state index contributed by atoms with van der Waals surface area (Å²) in [6, 6.07) is 6.96. The minimum atomic E-state index is -2.58. The van der Waals surface area contributed by atoms with Gasteiger partial charge in [0.05, 0.1) is 25.2 Å². The van der Waals surface area contributed by atoms with Gasteiger partial charge in [-0.15, -0.1) is 0 Å². The van der Waals surface area contributed by atoms with Crippen LogP contribution in [0.4, 0.5) is 24.9 Å². The summed E-state index contributed by atoms with van der Waals surface area (Å²) < 4.78 is 44.7. The van der Waals surface area contributed by atoms with E-state index < -0.39 is 30.6 Å². The maximum absolute atomic E-state index is 14.2. The summed E-state index contributed by atoms with van der Waals surface area (Å²) >= 11 is 0. The number of hydrogen-bond acceptors (Lipinski definition) is 6. The molecule has 0 radical (unpaired) electrons. The fraction of sp³-hybridized carbons (Fsp3) is 0.476. The number of carbonyl (C=O) groups is 1. The number of benzene rings is 1. The van der Waals surface area contributed by atoms with Gasteiger partial charge < -0.3 is 19.9 Å². The molecule has 1 amide bonds. The molecule has 2 aromatic rings. The molecule has 1 aliphatic heterocycles. The van der Waals surface area contributed by atoms with E-state index in [1.807, 2.05) is 4.90 Å². The number of halogens is 3. The van der Waals surface area contributed by atoms with Crippen molar-refractivity contribution in [1.29, 1.82) is 0 Å². The van der Waals surface area contributed by atoms with Crippen LogP contribution in [-0.4, -0.2) is 62.1 Å². The van der Waals surface area contributed by atoms with E-state index >= 15 is 0 Å². The molecule has 31 heavy (non-hydrogen) atoms. The van der Waals surface area contributed by atoms with E-state index in [2.05, 4.69) is 15.3 Å². The van der Waals surface area contributed by atoms with Crippen molar-refractivity contribution >= 4 is 17.7 Å². The van der Waals surface area contributed by atoms with Crippen LogP contribution in [0, 0.1) is 5.82 Å². The van der Waals surface area contributed by atoms with Crippen LogP contribution >= 0.6 is 0 Å². The Morgan fingerprint density at radius 1 is 1.32 bits per heavy atom. The largest absolute Gasteiger partial charge is 0.489 e. The number of anilines is 2. The Morgan fingerprint density at radius 3 is 2.68 bits per heavy atom. The van der Waals surface area contributed by atoms with Crippen molar-refractivity contribution < 1.29 is 22.7 Å². The topological polar surface area (TPSA) is 70.6 Å². The van der Waals surface area contributed by atoms with Gasteiger partial charge >= 0.3 is 0 Å². The molecule has 1 aliphatic rings. The highest BCUT2D eigenvalue weighted by atomic mass is 19.3. The minimum Gasteiger partial charge on any atom is -0.489 e. The SMILES string of the molecule is CC(C(=O)NCC(F)F)c1ccc(OC2CCN(c3nc(N(C)C)ncc3F)C2)cc1. The molecule has 168 valence electrons. The lowest BCUT2D eigenvalue weighted by Crippen LogP contribution is -2.31. The molecule has 1 N–H and O–H groups in total. The highest BCUT2D eigenvalue weighted by Gasteiger charge is 2.28. The van der Waals surface area contributed by atoms with Crippen molar-refractivity contribution in [3.63, 3.8) is 0 Å². The second-order valence-corrected chi connectivity index (χ2v) is 7.64. The Bertz CT molecular complexity index is 895. The van der Waals surface area contributed by atoms with Crippen molar-refractivity contribution in [3.05, 3.63) is 41.8 Å². The predicted molar refractivity (Wildman–Crippen MR) is 111 cm³/mol. The molecular formula is C21H26F3N5O2. The van der Waals surface area contributed by atoms with Gasteiger partial charge in [0.25, 0.3) is 6.43 Å². The smallest absolute Gasteiger partial charge is 0.255 e. The highest BCUT2D eigenvalue weighted by molar-refractivity contribution is 5.83. The molecule has 2 unspecified atom stereocenters. The molecule has 3 rings (SSSR count). The summed E-state index contributed by atoms with van der Waals surface area (Å²) in [4.78, 5) is 23.8. The molecule has 2 atom stereocenters. The second-order valence-electron chi connectivity index (χ2n) is 7.64. The van der Waals surface area contributed by atoms with Gasteiger partial charge in [0.1, 0.15) is 11.9 Å². The van der Waals surface area contributed by atoms with Crippen molar-refractivity contribution in [1.82, 2.24) is 15.3 Å². The van der Waals surface area contributed by atoms with E-state index in [9.17, 15) is 18.0 Å². The molecule has 1 fully saturated rings. The zero-order valence-electron chi connectivity index (χ0n) is 17.7. The molecule has 1 aromatic carbocycles. The lowest BCUT2D eigenvalue weighted by molar-refractivity contribution is -0.122. The summed E-state index contributed by atoms with van der Waals surface area (Å²) in [6.45, 7) is 2.08. The first-order valence-electron chi connectivity index (χ1n) is 10.0. The Balaban J connectivity index is 1.58. The van der Waals surface area contributed by atoms with Crippen LogP contribution in [0.3, 0.4) is 0 Å². The van der Waals surface area contributed by atoms with Crippen molar-refractivity contribution in [2.45, 2.75) is 31.8 Å². The lowest BCUT2D eigenvalue weighted by atomic mass is 10.0. The monoisotopic (exact) mass is 437 g/mol. The van der Waals surface area contributed by atoms with Crippen LogP contribution in [0.5, 0.6) is 5.75 Å². The second kappa shape index (κ2) is 9.84. The third kappa shape index (κ3) is 5.77. The average Bonchev–Trinajstić information content (AvgIpc) is 3.20. The maximum Gasteiger partial charge on any atom is 0.255 e. The first-order chi connectivity index (χ1) is 14.7. The first kappa shape index (κ1) is 22.6. The number of rotatable bonds is 8. The van der Waals surface area contributed by atoms with Crippen molar-refractivity contribution in [2.24, 2.45) is 0 Å². The summed E-state index contributed by atoms with van der Waals surface area (Å²) in [7, 11) is 3.58. The van der Waals surface area contributed by atoms with Crippen LogP contribution in [-0.2, 0) is 4.79 Å². The Kier molecular flexibility index (Phi) is 7.19. The number of aromatic nitrogens is 2. The van der Waals surface area contributed by atoms with Gasteiger partial charge in [-0.05, 0) is 24.6 Å². The van der Waals surface area contributed by atoms with E-state index in [4.69, 9.17) is 4.74 Å². The zero-order chi connectivity index (χ0) is 22.5. The fourth-order valence-electron chi connectivity index (χ4n) is 3.31. The number of ether oxygens (including phenoxy) is 1. The Labute approximate surface area is 179 Å². The molecule has 1 saturated heterocycles. The highest BCUT2D eigenvalue weighted by Crippen LogP contribution is 2.26. The van der Waals surface area contributed by atoms with E-state index in [1.54, 1.807) is 50.2 Å². The molecule has 0 saturated carbocycles. The maximum atomic E-state index is 14.2. The number of nitrogens with zero attached hydrogens (tertiary/aromatic N) is 4. The summed E-state index contributed by atoms with van der Waals surface area (Å²) in [5.74, 6) is -0.180. The third-order valence-corrected chi connectivity index (χ3v) is 5.06. The summed E-state index contributed by atoms with van der Waals surface area (Å²) in [6.07, 6.45) is -0.851. The number of carbonyl (C=O) groups excluding carboxylic acids is 1. The van der Waals surface area contributed by atoms with E-state index in [0.29, 0.717) is 36.8 Å². The number of hydrogen-bond donors (Lipinski definition) is 1. The zero-order valence-corrected chi connectivity index (χ0v) is 17.7. The standard InChI is InChI=1S/C21H26F3N5O2/c1-13(20(30)25-11-18(23)24)14-4-6-15(7-5-14)31-16-8-9-29(12-16)19-17(22)10-26-21(27-19)28(2)3/h4-7,10,13,16,18H,8-9,11-12H2,1-3H3,(H,25,30). The summed E-state index contributed by atoms with van der Waals surface area (Å²) in [5, 5.41) is 2.22. The van der Waals surface area contributed by atoms with Gasteiger partial charge in [0, 0.05) is 27.1 Å². The quantitative estimate of drug-likeness (QED) is 0.685. The number of nitrogens with one attached hydrogen (secondary N) is 1. The fourth-order valence-corrected chi connectivity index (χ4v) is 3.31. The van der Waals surface area contributed by atoms with Gasteiger partial charge in [0.15, 0.2) is 11.6 Å². The Morgan fingerprint density at radius 2 is 2.03 bits per heavy atom. The first-order valence-corrected chi connectivity index (χ1v) is 10.0. The predicted octanol–water partition coefficient (Wildman–Crippen LogP) is 2.82. The van der Waals surface area contributed by atoms with Gasteiger partial charge in [-0.1, -0.05) is 12.1 Å². The third-order valence-electron chi connectivity index (χ3n) is 5.06. The molecule has 0 spiro atoms. The van der Waals surface area contributed by atoms with Crippen LogP contribution < -0.4 is 19.9 Å². The molecule has 0 aliphatic carbocycles. The van der Waals surface area contributed by atoms with Gasteiger partial charge in [-0.2, -0.15) is 4.98 Å². The molecule has 10 heteroatoms. The van der Waals surface area contributed by atoms with E-state index in [-0.39, 0.29) is 11.9 Å². The molecule has 0 bridgehead atoms. The normalized spacial score (nSPS) is 17.0. The molecule has 2 heterocycles. The van der Waals surface area contributed by atoms with Crippen LogP contribution in [0.25, 0.3) is 0 Å². The Hall–Kier alpha value is -3.04. The number of alkyl halides is 2. The van der Waals surface area contributed by atoms with Crippen LogP contribution in [0.15, 0.2) is 30.5 Å². The minimum absolute atomic E-state index is 0.144. The average molecular weight is 437 g/mol. The van der Waals surface area contributed by atoms with E-state index in [0.717, 1.165) is 0 Å². The van der Waals surface area contributed by atoms with Gasteiger partial charge in [0.2, 0.25) is 11.9 Å². The van der Waals surface area contributed by atoms with Crippen LogP contribution in [0.2, 0.25) is 0 Å².